The fourth-order valence-corrected chi connectivity index (χ4v) is 4.09. The highest BCUT2D eigenvalue weighted by molar-refractivity contribution is 6.30. The van der Waals surface area contributed by atoms with Crippen LogP contribution in [0.5, 0.6) is 0 Å². The number of halogens is 1. The minimum atomic E-state index is -0.00971. The van der Waals surface area contributed by atoms with Gasteiger partial charge in [0.05, 0.1) is 5.92 Å². The number of benzene rings is 2. The number of hydrogen-bond acceptors (Lipinski definition) is 5. The van der Waals surface area contributed by atoms with Crippen molar-refractivity contribution in [2.24, 2.45) is 5.92 Å². The number of aromatic nitrogens is 2. The Labute approximate surface area is 194 Å². The third kappa shape index (κ3) is 5.96. The van der Waals surface area contributed by atoms with E-state index in [4.69, 9.17) is 16.1 Å². The van der Waals surface area contributed by atoms with Crippen molar-refractivity contribution in [3.05, 3.63) is 76.4 Å². The van der Waals surface area contributed by atoms with Gasteiger partial charge < -0.3 is 9.84 Å². The van der Waals surface area contributed by atoms with E-state index in [0.717, 1.165) is 48.7 Å². The summed E-state index contributed by atoms with van der Waals surface area (Å²) in [6.45, 7) is 6.67. The fourth-order valence-electron chi connectivity index (χ4n) is 3.97. The molecule has 1 aliphatic rings. The molecular weight excluding hydrogens is 424 g/mol. The lowest BCUT2D eigenvalue weighted by Crippen LogP contribution is -2.40. The largest absolute Gasteiger partial charge is 0.339 e. The molecule has 0 saturated carbocycles. The van der Waals surface area contributed by atoms with E-state index in [0.29, 0.717) is 18.1 Å². The molecule has 1 atom stereocenters. The van der Waals surface area contributed by atoms with E-state index < -0.39 is 0 Å². The molecular formula is C25H29ClN4O2. The highest BCUT2D eigenvalue weighted by Gasteiger charge is 2.26. The smallest absolute Gasteiger partial charge is 0.229 e. The van der Waals surface area contributed by atoms with Gasteiger partial charge in [-0.2, -0.15) is 4.98 Å². The number of carbonyl (C=O) groups excluding carboxylic acids is 1. The topological polar surface area (TPSA) is 71.3 Å². The second-order valence-electron chi connectivity index (χ2n) is 8.77. The molecule has 0 aliphatic carbocycles. The van der Waals surface area contributed by atoms with E-state index in [1.54, 1.807) is 0 Å². The fraction of sp³-hybridized carbons (Fsp3) is 0.400. The van der Waals surface area contributed by atoms with Gasteiger partial charge in [-0.1, -0.05) is 54.9 Å². The Morgan fingerprint density at radius 1 is 1.16 bits per heavy atom. The summed E-state index contributed by atoms with van der Waals surface area (Å²) in [5.74, 6) is 1.62. The van der Waals surface area contributed by atoms with Crippen LogP contribution in [0, 0.1) is 5.92 Å². The number of nitrogens with zero attached hydrogens (tertiary/aromatic N) is 3. The molecule has 2 heterocycles. The zero-order valence-electron chi connectivity index (χ0n) is 18.6. The summed E-state index contributed by atoms with van der Waals surface area (Å²) in [7, 11) is 0. The quantitative estimate of drug-likeness (QED) is 0.527. The summed E-state index contributed by atoms with van der Waals surface area (Å²) in [6, 6.07) is 15.8. The first-order valence-corrected chi connectivity index (χ1v) is 11.5. The Morgan fingerprint density at radius 2 is 1.88 bits per heavy atom. The van der Waals surface area contributed by atoms with Crippen molar-refractivity contribution < 1.29 is 9.32 Å². The van der Waals surface area contributed by atoms with Crippen molar-refractivity contribution in [3.63, 3.8) is 0 Å². The standard InChI is InChI=1S/C25H29ClN4O2/c1-17(2)25-28-23(29-32-25)14-18-7-11-22(12-8-18)27-24(31)20-4-3-13-30(16-20)15-19-5-9-21(26)10-6-19/h5-12,17,20H,3-4,13-16H2,1-2H3,(H,27,31)/t20-/m1/s1. The molecule has 1 saturated heterocycles. The van der Waals surface area contributed by atoms with Crippen LogP contribution in [0.4, 0.5) is 5.69 Å². The first-order valence-electron chi connectivity index (χ1n) is 11.2. The summed E-state index contributed by atoms with van der Waals surface area (Å²) < 4.78 is 5.27. The lowest BCUT2D eigenvalue weighted by atomic mass is 9.96. The predicted octanol–water partition coefficient (Wildman–Crippen LogP) is 5.29. The zero-order chi connectivity index (χ0) is 22.5. The summed E-state index contributed by atoms with van der Waals surface area (Å²) in [6.07, 6.45) is 2.54. The summed E-state index contributed by atoms with van der Waals surface area (Å²) in [4.78, 5) is 19.6. The average molecular weight is 453 g/mol. The molecule has 1 aromatic heterocycles. The number of anilines is 1. The lowest BCUT2D eigenvalue weighted by Gasteiger charge is -2.32. The highest BCUT2D eigenvalue weighted by atomic mass is 35.5. The second-order valence-corrected chi connectivity index (χ2v) is 9.20. The van der Waals surface area contributed by atoms with E-state index >= 15 is 0 Å². The number of hydrogen-bond donors (Lipinski definition) is 1. The van der Waals surface area contributed by atoms with Gasteiger partial charge in [0.15, 0.2) is 5.82 Å². The number of amides is 1. The lowest BCUT2D eigenvalue weighted by molar-refractivity contribution is -0.121. The van der Waals surface area contributed by atoms with Crippen LogP contribution >= 0.6 is 11.6 Å². The SMILES string of the molecule is CC(C)c1nc(Cc2ccc(NC(=O)[C@@H]3CCCN(Cc4ccc(Cl)cc4)C3)cc2)no1. The predicted molar refractivity (Wildman–Crippen MR) is 126 cm³/mol. The summed E-state index contributed by atoms with van der Waals surface area (Å²) >= 11 is 5.98. The van der Waals surface area contributed by atoms with Crippen LogP contribution in [0.2, 0.25) is 5.02 Å². The van der Waals surface area contributed by atoms with E-state index in [1.807, 2.05) is 62.4 Å². The van der Waals surface area contributed by atoms with Crippen molar-refractivity contribution in [2.75, 3.05) is 18.4 Å². The normalized spacial score (nSPS) is 16.9. The first kappa shape index (κ1) is 22.5. The van der Waals surface area contributed by atoms with E-state index in [2.05, 4.69) is 20.4 Å². The average Bonchev–Trinajstić information content (AvgIpc) is 3.26. The molecule has 2 aromatic carbocycles. The maximum atomic E-state index is 12.9. The Bertz CT molecular complexity index is 1030. The van der Waals surface area contributed by atoms with Gasteiger partial charge >= 0.3 is 0 Å². The number of nitrogens with one attached hydrogen (secondary N) is 1. The van der Waals surface area contributed by atoms with Crippen LogP contribution in [-0.4, -0.2) is 34.0 Å². The highest BCUT2D eigenvalue weighted by Crippen LogP contribution is 2.22. The molecule has 0 radical (unpaired) electrons. The second kappa shape index (κ2) is 10.3. The molecule has 6 nitrogen and oxygen atoms in total. The Balaban J connectivity index is 1.30. The van der Waals surface area contributed by atoms with Crippen molar-refractivity contribution in [1.29, 1.82) is 0 Å². The molecule has 1 fully saturated rings. The Kier molecular flexibility index (Phi) is 7.22. The number of piperidine rings is 1. The van der Waals surface area contributed by atoms with Crippen LogP contribution in [0.25, 0.3) is 0 Å². The van der Waals surface area contributed by atoms with E-state index in [9.17, 15) is 4.79 Å². The molecule has 0 bridgehead atoms. The minimum Gasteiger partial charge on any atom is -0.339 e. The molecule has 0 unspecified atom stereocenters. The number of likely N-dealkylation sites (tertiary alicyclic amines) is 1. The van der Waals surface area contributed by atoms with Crippen molar-refractivity contribution in [1.82, 2.24) is 15.0 Å². The van der Waals surface area contributed by atoms with Crippen LogP contribution in [0.15, 0.2) is 53.1 Å². The first-order chi connectivity index (χ1) is 15.5. The van der Waals surface area contributed by atoms with Gasteiger partial charge in [-0.05, 0) is 54.8 Å². The Hall–Kier alpha value is -2.70. The monoisotopic (exact) mass is 452 g/mol. The third-order valence-corrected chi connectivity index (χ3v) is 6.01. The third-order valence-electron chi connectivity index (χ3n) is 5.76. The molecule has 1 amide bonds. The summed E-state index contributed by atoms with van der Waals surface area (Å²) in [5.41, 5.74) is 3.10. The minimum absolute atomic E-state index is 0.00971. The maximum Gasteiger partial charge on any atom is 0.229 e. The Morgan fingerprint density at radius 3 is 2.56 bits per heavy atom. The molecule has 4 rings (SSSR count). The molecule has 1 N–H and O–H groups in total. The summed E-state index contributed by atoms with van der Waals surface area (Å²) in [5, 5.41) is 7.86. The van der Waals surface area contributed by atoms with E-state index in [-0.39, 0.29) is 17.7 Å². The molecule has 32 heavy (non-hydrogen) atoms. The molecule has 3 aromatic rings. The zero-order valence-corrected chi connectivity index (χ0v) is 19.3. The molecule has 1 aliphatic heterocycles. The number of rotatable bonds is 7. The van der Waals surface area contributed by atoms with E-state index in [1.165, 1.54) is 5.56 Å². The molecule has 168 valence electrons. The number of carbonyl (C=O) groups is 1. The maximum absolute atomic E-state index is 12.9. The van der Waals surface area contributed by atoms with Gasteiger partial charge in [-0.15, -0.1) is 0 Å². The van der Waals surface area contributed by atoms with Gasteiger partial charge in [-0.3, -0.25) is 9.69 Å². The van der Waals surface area contributed by atoms with Gasteiger partial charge in [0.1, 0.15) is 0 Å². The van der Waals surface area contributed by atoms with Gasteiger partial charge in [0.25, 0.3) is 0 Å². The molecule has 7 heteroatoms. The van der Waals surface area contributed by atoms with Crippen LogP contribution in [-0.2, 0) is 17.8 Å². The van der Waals surface area contributed by atoms with Gasteiger partial charge in [0.2, 0.25) is 11.8 Å². The molecule has 0 spiro atoms. The van der Waals surface area contributed by atoms with Crippen LogP contribution in [0.3, 0.4) is 0 Å². The van der Waals surface area contributed by atoms with Gasteiger partial charge in [0, 0.05) is 36.1 Å². The van der Waals surface area contributed by atoms with Crippen molar-refractivity contribution in [3.8, 4) is 0 Å². The van der Waals surface area contributed by atoms with Crippen LogP contribution in [0.1, 0.15) is 55.4 Å². The van der Waals surface area contributed by atoms with Crippen LogP contribution < -0.4 is 5.32 Å². The van der Waals surface area contributed by atoms with Gasteiger partial charge in [-0.25, -0.2) is 0 Å². The van der Waals surface area contributed by atoms with Crippen molar-refractivity contribution >= 4 is 23.2 Å². The van der Waals surface area contributed by atoms with Crippen molar-refractivity contribution in [2.45, 2.75) is 45.6 Å².